The monoisotopic (exact) mass is 272 g/mol. The second-order valence-electron chi connectivity index (χ2n) is 4.60. The molecule has 7 heteroatoms. The number of rotatable bonds is 3. The summed E-state index contributed by atoms with van der Waals surface area (Å²) < 4.78 is 23.3. The Morgan fingerprint density at radius 1 is 1.33 bits per heavy atom. The third-order valence-corrected chi connectivity index (χ3v) is 4.26. The molecule has 1 fully saturated rings. The molecule has 18 heavy (non-hydrogen) atoms. The molecule has 1 heterocycles. The van der Waals surface area contributed by atoms with Gasteiger partial charge in [-0.1, -0.05) is 19.3 Å². The molecule has 100 valence electrons. The Morgan fingerprint density at radius 3 is 2.44 bits per heavy atom. The van der Waals surface area contributed by atoms with Crippen LogP contribution in [0.15, 0.2) is 12.3 Å². The Bertz CT molecular complexity index is 556. The Kier molecular flexibility index (Phi) is 3.45. The Morgan fingerprint density at radius 2 is 1.94 bits per heavy atom. The lowest BCUT2D eigenvalue weighted by atomic mass is 9.84. The van der Waals surface area contributed by atoms with Gasteiger partial charge in [0.1, 0.15) is 5.69 Å². The minimum atomic E-state index is -4.06. The summed E-state index contributed by atoms with van der Waals surface area (Å²) >= 11 is 0. The van der Waals surface area contributed by atoms with Gasteiger partial charge in [-0.15, -0.1) is 0 Å². The van der Waals surface area contributed by atoms with Crippen molar-refractivity contribution in [2.75, 3.05) is 0 Å². The van der Waals surface area contributed by atoms with Crippen molar-refractivity contribution in [2.45, 2.75) is 38.0 Å². The topological polar surface area (TPSA) is 102 Å². The Hall–Kier alpha value is -1.34. The zero-order chi connectivity index (χ0) is 13.3. The van der Waals surface area contributed by atoms with Crippen LogP contribution in [0.2, 0.25) is 0 Å². The number of carboxylic acid groups (broad SMARTS) is 1. The van der Waals surface area contributed by atoms with Crippen LogP contribution >= 0.6 is 0 Å². The summed E-state index contributed by atoms with van der Waals surface area (Å²) in [7, 11) is -4.06. The second kappa shape index (κ2) is 4.74. The number of hydrogen-bond donors (Lipinski definition) is 2. The molecule has 1 aromatic heterocycles. The van der Waals surface area contributed by atoms with E-state index in [-0.39, 0.29) is 11.6 Å². The maximum Gasteiger partial charge on any atom is 0.353 e. The molecule has 0 atom stereocenters. The summed E-state index contributed by atoms with van der Waals surface area (Å²) in [6.07, 6.45) is 6.26. The summed E-state index contributed by atoms with van der Waals surface area (Å²) in [5.74, 6) is -1.14. The van der Waals surface area contributed by atoms with Crippen molar-refractivity contribution in [1.29, 1.82) is 0 Å². The first-order valence-corrected chi connectivity index (χ1v) is 7.39. The normalized spacial score (nSPS) is 17.8. The molecular weight excluding hydrogens is 256 g/mol. The predicted molar refractivity (Wildman–Crippen MR) is 65.7 cm³/mol. The van der Waals surface area contributed by atoms with Gasteiger partial charge in [0.25, 0.3) is 0 Å². The molecule has 2 rings (SSSR count). The van der Waals surface area contributed by atoms with Crippen LogP contribution in [0.4, 0.5) is 0 Å². The summed E-state index contributed by atoms with van der Waals surface area (Å²) in [4.78, 5) is 11.3. The summed E-state index contributed by atoms with van der Waals surface area (Å²) in [5, 5.41) is 14.2. The van der Waals surface area contributed by atoms with Gasteiger partial charge >= 0.3 is 16.2 Å². The molecule has 6 nitrogen and oxygen atoms in total. The van der Waals surface area contributed by atoms with Gasteiger partial charge in [0.2, 0.25) is 0 Å². The van der Waals surface area contributed by atoms with Crippen LogP contribution in [0.25, 0.3) is 0 Å². The molecule has 0 amide bonds. The first kappa shape index (κ1) is 13.1. The largest absolute Gasteiger partial charge is 0.477 e. The van der Waals surface area contributed by atoms with E-state index in [1.54, 1.807) is 6.07 Å². The molecular formula is C11H16N2O4S. The smallest absolute Gasteiger partial charge is 0.353 e. The fourth-order valence-electron chi connectivity index (χ4n) is 2.60. The second-order valence-corrected chi connectivity index (χ2v) is 6.02. The number of nitrogens with zero attached hydrogens (tertiary/aromatic N) is 1. The fourth-order valence-corrected chi connectivity index (χ4v) is 3.27. The van der Waals surface area contributed by atoms with Crippen molar-refractivity contribution in [1.82, 2.24) is 3.97 Å². The number of hydrogen-bond acceptors (Lipinski definition) is 3. The molecule has 1 aromatic rings. The number of aromatic carboxylic acids is 1. The van der Waals surface area contributed by atoms with E-state index in [4.69, 9.17) is 5.14 Å². The maximum absolute atomic E-state index is 11.3. The molecule has 1 saturated carbocycles. The molecule has 0 aromatic carbocycles. The highest BCUT2D eigenvalue weighted by Crippen LogP contribution is 2.35. The van der Waals surface area contributed by atoms with E-state index < -0.39 is 16.2 Å². The van der Waals surface area contributed by atoms with Crippen molar-refractivity contribution in [2.24, 2.45) is 5.14 Å². The van der Waals surface area contributed by atoms with Crippen molar-refractivity contribution in [3.63, 3.8) is 0 Å². The lowest BCUT2D eigenvalue weighted by molar-refractivity contribution is 0.0687. The lowest BCUT2D eigenvalue weighted by Crippen LogP contribution is -2.25. The quantitative estimate of drug-likeness (QED) is 0.865. The Labute approximate surface area is 106 Å². The zero-order valence-corrected chi connectivity index (χ0v) is 10.7. The number of carboxylic acids is 1. The zero-order valence-electron chi connectivity index (χ0n) is 9.87. The average molecular weight is 272 g/mol. The van der Waals surface area contributed by atoms with Crippen molar-refractivity contribution in [3.05, 3.63) is 23.5 Å². The fraction of sp³-hybridized carbons (Fsp3) is 0.545. The third-order valence-electron chi connectivity index (χ3n) is 3.41. The van der Waals surface area contributed by atoms with E-state index in [1.165, 1.54) is 6.20 Å². The number of carbonyl (C=O) groups is 1. The third kappa shape index (κ3) is 2.41. The van der Waals surface area contributed by atoms with Crippen LogP contribution in [0.3, 0.4) is 0 Å². The van der Waals surface area contributed by atoms with Gasteiger partial charge < -0.3 is 5.11 Å². The molecule has 0 aliphatic heterocycles. The highest BCUT2D eigenvalue weighted by Gasteiger charge is 2.27. The van der Waals surface area contributed by atoms with Gasteiger partial charge in [0.05, 0.1) is 0 Å². The van der Waals surface area contributed by atoms with E-state index in [9.17, 15) is 18.3 Å². The molecule has 0 unspecified atom stereocenters. The predicted octanol–water partition coefficient (Wildman–Crippen LogP) is 1.29. The molecule has 3 N–H and O–H groups in total. The molecule has 0 bridgehead atoms. The van der Waals surface area contributed by atoms with Crippen LogP contribution in [0.1, 0.15) is 54.1 Å². The summed E-state index contributed by atoms with van der Waals surface area (Å²) in [5.41, 5.74) is 0.362. The minimum absolute atomic E-state index is 0.118. The van der Waals surface area contributed by atoms with Crippen LogP contribution in [0.5, 0.6) is 0 Å². The van der Waals surface area contributed by atoms with Gasteiger partial charge in [-0.3, -0.25) is 0 Å². The standard InChI is InChI=1S/C11H16N2O4S/c12-18(16,17)13-7-6-9(10(13)11(14)15)8-4-2-1-3-5-8/h6-8H,1-5H2,(H,14,15)(H2,12,16,17). The first-order valence-electron chi connectivity index (χ1n) is 5.89. The minimum Gasteiger partial charge on any atom is -0.477 e. The van der Waals surface area contributed by atoms with Gasteiger partial charge in [0.15, 0.2) is 0 Å². The molecule has 1 aliphatic rings. The van der Waals surface area contributed by atoms with Crippen LogP contribution in [-0.2, 0) is 10.2 Å². The Balaban J connectivity index is 2.48. The van der Waals surface area contributed by atoms with Gasteiger partial charge in [-0.25, -0.2) is 13.9 Å². The molecule has 0 spiro atoms. The first-order chi connectivity index (χ1) is 8.41. The van der Waals surface area contributed by atoms with E-state index >= 15 is 0 Å². The number of nitrogens with two attached hydrogens (primary N) is 1. The van der Waals surface area contributed by atoms with Gasteiger partial charge in [0, 0.05) is 6.20 Å². The van der Waals surface area contributed by atoms with E-state index in [0.717, 1.165) is 32.1 Å². The average Bonchev–Trinajstić information content (AvgIpc) is 2.74. The van der Waals surface area contributed by atoms with E-state index in [2.05, 4.69) is 0 Å². The molecule has 1 aliphatic carbocycles. The van der Waals surface area contributed by atoms with Crippen molar-refractivity contribution < 1.29 is 18.3 Å². The van der Waals surface area contributed by atoms with E-state index in [0.29, 0.717) is 9.54 Å². The van der Waals surface area contributed by atoms with Crippen molar-refractivity contribution >= 4 is 16.2 Å². The number of aromatic nitrogens is 1. The van der Waals surface area contributed by atoms with Crippen molar-refractivity contribution in [3.8, 4) is 0 Å². The van der Waals surface area contributed by atoms with Crippen LogP contribution in [-0.4, -0.2) is 23.5 Å². The molecule has 0 saturated heterocycles. The lowest BCUT2D eigenvalue weighted by Gasteiger charge is -2.21. The van der Waals surface area contributed by atoms with Crippen LogP contribution < -0.4 is 5.14 Å². The van der Waals surface area contributed by atoms with Crippen LogP contribution in [0, 0.1) is 0 Å². The summed E-state index contributed by atoms with van der Waals surface area (Å²) in [6.45, 7) is 0. The van der Waals surface area contributed by atoms with E-state index in [1.807, 2.05) is 0 Å². The van der Waals surface area contributed by atoms with Gasteiger partial charge in [-0.05, 0) is 30.4 Å². The summed E-state index contributed by atoms with van der Waals surface area (Å²) in [6, 6.07) is 1.56. The SMILES string of the molecule is NS(=O)(=O)n1ccc(C2CCCCC2)c1C(=O)O. The highest BCUT2D eigenvalue weighted by molar-refractivity contribution is 7.87. The van der Waals surface area contributed by atoms with Gasteiger partial charge in [-0.2, -0.15) is 8.42 Å². The maximum atomic E-state index is 11.3. The highest BCUT2D eigenvalue weighted by atomic mass is 32.2. The molecule has 0 radical (unpaired) electrons.